The second-order valence-corrected chi connectivity index (χ2v) is 39.9. The first kappa shape index (κ1) is 116. The number of carbonyl (C=O) groups is 2. The summed E-state index contributed by atoms with van der Waals surface area (Å²) in [5, 5.41) is 93.6. The molecule has 10 aromatic heterocycles. The quantitative estimate of drug-likeness (QED) is 0.0123. The number of aliphatic hydroxyl groups is 2. The minimum absolute atomic E-state index is 0. The van der Waals surface area contributed by atoms with E-state index in [9.17, 15) is 14.7 Å². The number of carbonyl (C=O) groups excluding carboxylic acids is 2. The molecule has 11 heterocycles. The van der Waals surface area contributed by atoms with Gasteiger partial charge < -0.3 is 20.0 Å². The second-order valence-electron chi connectivity index (χ2n) is 33.8. The van der Waals surface area contributed by atoms with E-state index in [1.807, 2.05) is 106 Å². The maximum Gasteiger partial charge on any atom is 3.00 e. The Kier molecular flexibility index (Phi) is 52.7. The molecule has 0 unspecified atom stereocenters. The SMILES string of the molecule is CC(=O)C=C(C)O.CCCCCCCCCCCCc1c[c-]c(-c2nnc(-c3ccc(CCCCCCCCCCCC)s3)nn2)s1.Cc1ccc2c(c1)N(c1[c-]cccc1)[CH-]N2C.O=C(C=C(O)c1ccccc1)c1ccccc1.[Ir+3].[Ir].[Ir].[Ir].[c-]1ccc2c(c1-c1nnc(-c3cccc4c3CCCC4)nn1)CCCC2.[c-]1ccsc1-c1nnc(-c2cccs2)nn1.[c-]1ccsc1-c1nnc(-c2cccs2)nn1. The van der Waals surface area contributed by atoms with Crippen LogP contribution in [0.5, 0.6) is 0 Å². The Morgan fingerprint density at radius 2 is 0.881 bits per heavy atom. The number of anilines is 3. The number of allylic oxidation sites excluding steroid dienone is 3. The molecule has 751 valence electrons. The zero-order valence-electron chi connectivity index (χ0n) is 81.2. The van der Waals surface area contributed by atoms with Crippen LogP contribution in [0, 0.1) is 43.9 Å². The number of nitrogens with zero attached hydrogens (tertiary/aromatic N) is 18. The average molecular weight is 2730 g/mol. The van der Waals surface area contributed by atoms with Gasteiger partial charge in [-0.1, -0.05) is 284 Å². The Balaban J connectivity index is 0.000000194. The molecule has 3 radical (unpaired) electrons. The molecule has 2 aliphatic carbocycles. The Morgan fingerprint density at radius 1 is 0.399 bits per heavy atom. The van der Waals surface area contributed by atoms with E-state index in [0.717, 1.165) is 84.6 Å². The third-order valence-electron chi connectivity index (χ3n) is 23.0. The molecule has 1 aliphatic heterocycles. The average Bonchev–Trinajstić information content (AvgIpc) is 1.69. The Bertz CT molecular complexity index is 5980. The molecule has 3 aliphatic rings. The number of ketones is 2. The molecule has 0 spiro atoms. The van der Waals surface area contributed by atoms with Crippen molar-refractivity contribution in [3.05, 3.63) is 313 Å². The fourth-order valence-electron chi connectivity index (χ4n) is 15.9. The molecule has 16 aromatic rings. The number of unbranched alkanes of at least 4 members (excludes halogenated alkanes) is 18. The fourth-order valence-corrected chi connectivity index (χ4v) is 20.2. The van der Waals surface area contributed by atoms with Crippen molar-refractivity contribution in [3.63, 3.8) is 0 Å². The van der Waals surface area contributed by atoms with Crippen molar-refractivity contribution < 1.29 is 100 Å². The van der Waals surface area contributed by atoms with E-state index in [0.29, 0.717) is 57.7 Å². The van der Waals surface area contributed by atoms with Gasteiger partial charge in [0.1, 0.15) is 29.1 Å². The molecule has 0 saturated heterocycles. The number of thiophene rings is 6. The van der Waals surface area contributed by atoms with Crippen LogP contribution in [0.4, 0.5) is 17.1 Å². The van der Waals surface area contributed by atoms with Crippen molar-refractivity contribution in [1.29, 1.82) is 0 Å². The number of hydrogen-bond acceptors (Lipinski definition) is 28. The summed E-state index contributed by atoms with van der Waals surface area (Å²) in [6.07, 6.45) is 41.5. The molecule has 2 N–H and O–H groups in total. The smallest absolute Gasteiger partial charge is 0.512 e. The maximum absolute atomic E-state index is 11.8. The van der Waals surface area contributed by atoms with E-state index >= 15 is 0 Å². The van der Waals surface area contributed by atoms with Gasteiger partial charge in [0.2, 0.25) is 23.3 Å². The van der Waals surface area contributed by atoms with E-state index in [2.05, 4.69) is 223 Å². The molecular weight excluding hydrogens is 2610 g/mol. The van der Waals surface area contributed by atoms with Crippen molar-refractivity contribution in [3.8, 4) is 87.0 Å². The van der Waals surface area contributed by atoms with Gasteiger partial charge in [0.05, 0.1) is 20.4 Å². The fraction of sp³-hybridized carbons (Fsp3) is 0.324. The Hall–Kier alpha value is -10.1. The van der Waals surface area contributed by atoms with Crippen LogP contribution in [0.15, 0.2) is 227 Å². The molecule has 0 atom stereocenters. The predicted molar refractivity (Wildman–Crippen MR) is 567 cm³/mol. The van der Waals surface area contributed by atoms with E-state index < -0.39 is 0 Å². The summed E-state index contributed by atoms with van der Waals surface area (Å²) < 4.78 is 0. The summed E-state index contributed by atoms with van der Waals surface area (Å²) in [6.45, 7) is 11.6. The molecule has 0 saturated carbocycles. The number of hydrogen-bond donors (Lipinski definition) is 2. The van der Waals surface area contributed by atoms with Crippen LogP contribution in [0.2, 0.25) is 0 Å². The van der Waals surface area contributed by atoms with Crippen molar-refractivity contribution >= 4 is 102 Å². The minimum Gasteiger partial charge on any atom is -0.512 e. The van der Waals surface area contributed by atoms with Gasteiger partial charge in [0, 0.05) is 105 Å². The normalized spacial score (nSPS) is 12.0. The van der Waals surface area contributed by atoms with Crippen LogP contribution in [-0.4, -0.2) is 110 Å². The van der Waals surface area contributed by atoms with E-state index in [-0.39, 0.29) is 104 Å². The van der Waals surface area contributed by atoms with Crippen LogP contribution in [0.3, 0.4) is 0 Å². The number of fused-ring (bicyclic) bond motifs is 3. The first-order valence-corrected chi connectivity index (χ1v) is 53.3. The molecule has 32 heteroatoms. The summed E-state index contributed by atoms with van der Waals surface area (Å²) in [5.41, 5.74) is 13.6. The summed E-state index contributed by atoms with van der Waals surface area (Å²) >= 11 is 9.70. The van der Waals surface area contributed by atoms with Crippen LogP contribution in [-0.2, 0) is 124 Å². The van der Waals surface area contributed by atoms with Crippen molar-refractivity contribution in [2.24, 2.45) is 0 Å². The topological polar surface area (TPSA) is 287 Å². The van der Waals surface area contributed by atoms with Gasteiger partial charge in [-0.05, 0) is 137 Å². The number of para-hydroxylation sites is 1. The van der Waals surface area contributed by atoms with E-state index in [1.165, 1.54) is 252 Å². The zero-order chi connectivity index (χ0) is 96.8. The van der Waals surface area contributed by atoms with Crippen LogP contribution in [0.1, 0.15) is 235 Å². The van der Waals surface area contributed by atoms with Gasteiger partial charge in [-0.25, -0.2) is 34.0 Å². The number of benzene rings is 6. The van der Waals surface area contributed by atoms with Gasteiger partial charge in [-0.15, -0.1) is 121 Å². The summed E-state index contributed by atoms with van der Waals surface area (Å²) in [5.74, 6) is 4.35. The number of aryl methyl sites for hydroxylation is 5. The van der Waals surface area contributed by atoms with Crippen molar-refractivity contribution in [1.82, 2.24) is 81.6 Å². The summed E-state index contributed by atoms with van der Waals surface area (Å²) in [6, 6.07) is 76.8. The first-order valence-electron chi connectivity index (χ1n) is 48.1. The standard InChI is InChI=1S/C34H53N4S2.C22H21N4.C15H14N2.C15H12O2.2C10H5N4S2.C5H8O2.4Ir/c1-3-5-7-9-11-13-15-17-19-21-23-29-25-27-31(39-29)33-35-37-34(38-36-33)32-28-26-30(40-32)24-22-20-18-16-14-12-10-8-6-4-2;1-3-11-17-15(7-1)9-5-13-19(17)21-23-25-22(26-24-21)20-14-6-10-16-8-2-4-12-18(16)20;1-12-8-9-14-15(10-12)17(11-16(14)2)13-6-4-3-5-7-13;16-14(12-7-3-1-4-8-12)11-15(17)13-9-5-2-6-10-13;2*1-3-7(15-5-1)9-11-13-10(14-12-9)8-4-2-6-16-8;1-4(6)3-5(2)7;;;;/h25-27H,3-24H2,1-2H3;5-6,9-10,13H,1-4,7-8,11-12H2;3-6,8-11H,1-2H3;1-11,16H;2*1-3,5-6H;3,6H,1-2H3;;;;/q2*-1;-2;;2*-1;;;;;+3. The molecule has 0 bridgehead atoms. The maximum atomic E-state index is 11.8. The Labute approximate surface area is 919 Å². The third-order valence-corrected chi connectivity index (χ3v) is 28.6. The number of rotatable bonds is 35. The zero-order valence-corrected chi connectivity index (χ0v) is 95.7. The molecule has 0 amide bonds. The van der Waals surface area contributed by atoms with Gasteiger partial charge >= 0.3 is 20.1 Å². The molecule has 19 rings (SSSR count). The van der Waals surface area contributed by atoms with Gasteiger partial charge in [0.15, 0.2) is 11.6 Å². The van der Waals surface area contributed by atoms with Gasteiger partial charge in [-0.2, -0.15) is 114 Å². The van der Waals surface area contributed by atoms with Crippen LogP contribution in [0.25, 0.3) is 92.7 Å². The largest absolute Gasteiger partial charge is 3.00 e. The summed E-state index contributed by atoms with van der Waals surface area (Å²) in [4.78, 5) is 34.6. The van der Waals surface area contributed by atoms with Crippen LogP contribution >= 0.6 is 68.0 Å². The molecule has 6 aromatic carbocycles. The number of aliphatic hydroxyl groups excluding tert-OH is 2. The monoisotopic (exact) mass is 2730 g/mol. The molecule has 0 fully saturated rings. The van der Waals surface area contributed by atoms with Gasteiger partial charge in [0.25, 0.3) is 0 Å². The van der Waals surface area contributed by atoms with Gasteiger partial charge in [-0.3, -0.25) is 9.59 Å². The van der Waals surface area contributed by atoms with Crippen molar-refractivity contribution in [2.75, 3.05) is 16.8 Å². The summed E-state index contributed by atoms with van der Waals surface area (Å²) in [7, 11) is 2.07. The number of aromatic nitrogens is 16. The Morgan fingerprint density at radius 3 is 1.38 bits per heavy atom. The van der Waals surface area contributed by atoms with Crippen molar-refractivity contribution in [2.45, 2.75) is 227 Å². The third kappa shape index (κ3) is 37.7. The first-order chi connectivity index (χ1) is 68.2. The predicted octanol–water partition coefficient (Wildman–Crippen LogP) is 28.7. The van der Waals surface area contributed by atoms with E-state index in [1.54, 1.807) is 81.7 Å². The molecular formula is C111H118Ir4N18O4S6-3. The molecule has 22 nitrogen and oxygen atoms in total. The molecule has 143 heavy (non-hydrogen) atoms. The minimum atomic E-state index is -0.202. The van der Waals surface area contributed by atoms with Crippen LogP contribution < -0.4 is 9.80 Å². The van der Waals surface area contributed by atoms with E-state index in [4.69, 9.17) is 5.11 Å². The second kappa shape index (κ2) is 64.7.